The van der Waals surface area contributed by atoms with Crippen LogP contribution < -0.4 is 5.32 Å². The number of hydrogen-bond acceptors (Lipinski definition) is 5. The summed E-state index contributed by atoms with van der Waals surface area (Å²) in [6, 6.07) is -0.545. The van der Waals surface area contributed by atoms with Crippen LogP contribution >= 0.6 is 0 Å². The molecular formula is C67H129NO5. The number of unbranched alkanes of at least 4 members (excludes halogenated alkanes) is 47. The number of hydrogen-bond donors (Lipinski definition) is 3. The van der Waals surface area contributed by atoms with Gasteiger partial charge in [0.1, 0.15) is 0 Å². The molecule has 6 heteroatoms. The molecule has 73 heavy (non-hydrogen) atoms. The van der Waals surface area contributed by atoms with Crippen molar-refractivity contribution in [3.63, 3.8) is 0 Å². The van der Waals surface area contributed by atoms with Crippen molar-refractivity contribution in [2.45, 2.75) is 379 Å². The zero-order chi connectivity index (χ0) is 52.9. The second kappa shape index (κ2) is 62.9. The summed E-state index contributed by atoms with van der Waals surface area (Å²) in [4.78, 5) is 24.6. The monoisotopic (exact) mass is 1030 g/mol. The van der Waals surface area contributed by atoms with Gasteiger partial charge < -0.3 is 20.3 Å². The van der Waals surface area contributed by atoms with Crippen molar-refractivity contribution in [3.8, 4) is 0 Å². The Hall–Kier alpha value is -1.66. The molecule has 432 valence electrons. The summed E-state index contributed by atoms with van der Waals surface area (Å²) in [5.41, 5.74) is 0. The van der Waals surface area contributed by atoms with E-state index in [9.17, 15) is 19.8 Å². The van der Waals surface area contributed by atoms with Crippen LogP contribution in [0.25, 0.3) is 0 Å². The van der Waals surface area contributed by atoms with Gasteiger partial charge in [0.2, 0.25) is 5.91 Å². The molecule has 0 aromatic rings. The lowest BCUT2D eigenvalue weighted by atomic mass is 10.0. The van der Waals surface area contributed by atoms with Gasteiger partial charge in [-0.1, -0.05) is 321 Å². The van der Waals surface area contributed by atoms with Crippen LogP contribution in [0.1, 0.15) is 367 Å². The van der Waals surface area contributed by atoms with Gasteiger partial charge in [0.15, 0.2) is 0 Å². The van der Waals surface area contributed by atoms with Gasteiger partial charge in [-0.15, -0.1) is 0 Å². The molecule has 0 aromatic heterocycles. The average molecular weight is 1030 g/mol. The average Bonchev–Trinajstić information content (AvgIpc) is 3.39. The number of aliphatic hydroxyl groups excluding tert-OH is 2. The zero-order valence-corrected chi connectivity index (χ0v) is 49.4. The van der Waals surface area contributed by atoms with Gasteiger partial charge in [0.25, 0.3) is 0 Å². The second-order valence-corrected chi connectivity index (χ2v) is 22.8. The molecule has 1 amide bonds. The van der Waals surface area contributed by atoms with E-state index in [4.69, 9.17) is 4.74 Å². The first-order valence-electron chi connectivity index (χ1n) is 33.1. The minimum absolute atomic E-state index is 0.00451. The van der Waals surface area contributed by atoms with Gasteiger partial charge in [-0.05, 0) is 57.8 Å². The van der Waals surface area contributed by atoms with Crippen molar-refractivity contribution in [1.29, 1.82) is 0 Å². The highest BCUT2D eigenvalue weighted by Crippen LogP contribution is 2.18. The smallest absolute Gasteiger partial charge is 0.305 e. The van der Waals surface area contributed by atoms with Crippen LogP contribution in [0.3, 0.4) is 0 Å². The van der Waals surface area contributed by atoms with Gasteiger partial charge in [-0.25, -0.2) is 0 Å². The zero-order valence-electron chi connectivity index (χ0n) is 49.4. The molecule has 0 aromatic carbocycles. The number of ether oxygens (including phenoxy) is 1. The van der Waals surface area contributed by atoms with Crippen LogP contribution in [-0.2, 0) is 14.3 Å². The fraction of sp³-hybridized carbons (Fsp3) is 0.910. The van der Waals surface area contributed by atoms with Crippen molar-refractivity contribution in [3.05, 3.63) is 24.3 Å². The lowest BCUT2D eigenvalue weighted by molar-refractivity contribution is -0.143. The van der Waals surface area contributed by atoms with E-state index in [1.807, 2.05) is 0 Å². The van der Waals surface area contributed by atoms with Gasteiger partial charge in [-0.3, -0.25) is 9.59 Å². The number of carbonyl (C=O) groups is 2. The summed E-state index contributed by atoms with van der Waals surface area (Å²) in [7, 11) is 0. The maximum Gasteiger partial charge on any atom is 0.305 e. The molecule has 0 rings (SSSR count). The van der Waals surface area contributed by atoms with E-state index in [1.165, 1.54) is 283 Å². The van der Waals surface area contributed by atoms with Gasteiger partial charge in [0, 0.05) is 12.8 Å². The van der Waals surface area contributed by atoms with E-state index < -0.39 is 12.1 Å². The summed E-state index contributed by atoms with van der Waals surface area (Å²) in [6.07, 6.45) is 77.6. The van der Waals surface area contributed by atoms with Gasteiger partial charge >= 0.3 is 5.97 Å². The number of aliphatic hydroxyl groups is 2. The van der Waals surface area contributed by atoms with Crippen LogP contribution in [0.4, 0.5) is 0 Å². The maximum atomic E-state index is 12.5. The number of esters is 1. The molecule has 0 spiro atoms. The Bertz CT molecular complexity index is 1140. The molecule has 0 aliphatic carbocycles. The quantitative estimate of drug-likeness (QED) is 0.0320. The number of nitrogens with one attached hydrogen (secondary N) is 1. The molecule has 3 N–H and O–H groups in total. The predicted molar refractivity (Wildman–Crippen MR) is 320 cm³/mol. The first-order valence-corrected chi connectivity index (χ1v) is 33.1. The molecule has 0 heterocycles. The number of allylic oxidation sites excluding steroid dienone is 4. The minimum Gasteiger partial charge on any atom is -0.466 e. The van der Waals surface area contributed by atoms with Gasteiger partial charge in [-0.2, -0.15) is 0 Å². The molecular weight excluding hydrogens is 899 g/mol. The first-order chi connectivity index (χ1) is 36.0. The highest BCUT2D eigenvalue weighted by Gasteiger charge is 2.20. The third kappa shape index (κ3) is 59.4. The Morgan fingerprint density at radius 3 is 1.07 bits per heavy atom. The Labute approximate surface area is 456 Å². The molecule has 0 aliphatic heterocycles. The van der Waals surface area contributed by atoms with Crippen LogP contribution in [0.15, 0.2) is 24.3 Å². The minimum atomic E-state index is -0.668. The van der Waals surface area contributed by atoms with E-state index in [0.717, 1.165) is 51.4 Å². The lowest BCUT2D eigenvalue weighted by Gasteiger charge is -2.22. The van der Waals surface area contributed by atoms with Crippen molar-refractivity contribution in [1.82, 2.24) is 5.32 Å². The molecule has 0 saturated heterocycles. The predicted octanol–water partition coefficient (Wildman–Crippen LogP) is 21.0. The SMILES string of the molecule is CCCCC/C=C\C/C=C\CCCCCCCCCCCC(=O)OCCCCCCCCCCCCCCCCCCCCC(=O)NC(CO)C(O)CCCCCCCCCCCCCCCCCCCCC. The van der Waals surface area contributed by atoms with Crippen LogP contribution in [0.2, 0.25) is 0 Å². The van der Waals surface area contributed by atoms with E-state index in [1.54, 1.807) is 0 Å². The molecule has 0 bridgehead atoms. The number of carbonyl (C=O) groups excluding carboxylic acids is 2. The Morgan fingerprint density at radius 1 is 0.384 bits per heavy atom. The maximum absolute atomic E-state index is 12.5. The van der Waals surface area contributed by atoms with Crippen LogP contribution in [0, 0.1) is 0 Å². The molecule has 0 fully saturated rings. The Kier molecular flexibility index (Phi) is 61.4. The lowest BCUT2D eigenvalue weighted by Crippen LogP contribution is -2.45. The largest absolute Gasteiger partial charge is 0.466 e. The fourth-order valence-corrected chi connectivity index (χ4v) is 10.4. The molecule has 0 radical (unpaired) electrons. The number of rotatable bonds is 62. The molecule has 2 atom stereocenters. The highest BCUT2D eigenvalue weighted by atomic mass is 16.5. The summed E-state index contributed by atoms with van der Waals surface area (Å²) >= 11 is 0. The van der Waals surface area contributed by atoms with E-state index in [2.05, 4.69) is 43.5 Å². The summed E-state index contributed by atoms with van der Waals surface area (Å²) in [5, 5.41) is 23.4. The summed E-state index contributed by atoms with van der Waals surface area (Å²) in [5.74, 6) is -0.0310. The Balaban J connectivity index is 3.39. The second-order valence-electron chi connectivity index (χ2n) is 22.8. The molecule has 0 saturated carbocycles. The van der Waals surface area contributed by atoms with Crippen LogP contribution in [-0.4, -0.2) is 47.4 Å². The number of amides is 1. The van der Waals surface area contributed by atoms with Crippen molar-refractivity contribution < 1.29 is 24.5 Å². The normalized spacial score (nSPS) is 12.7. The van der Waals surface area contributed by atoms with E-state index >= 15 is 0 Å². The molecule has 6 nitrogen and oxygen atoms in total. The van der Waals surface area contributed by atoms with E-state index in [0.29, 0.717) is 25.9 Å². The van der Waals surface area contributed by atoms with Gasteiger partial charge in [0.05, 0.1) is 25.4 Å². The summed E-state index contributed by atoms with van der Waals surface area (Å²) in [6.45, 7) is 4.95. The third-order valence-electron chi connectivity index (χ3n) is 15.5. The van der Waals surface area contributed by atoms with Crippen LogP contribution in [0.5, 0.6) is 0 Å². The Morgan fingerprint density at radius 2 is 0.685 bits per heavy atom. The fourth-order valence-electron chi connectivity index (χ4n) is 10.4. The van der Waals surface area contributed by atoms with Crippen molar-refractivity contribution in [2.24, 2.45) is 0 Å². The van der Waals surface area contributed by atoms with Crippen molar-refractivity contribution in [2.75, 3.05) is 13.2 Å². The van der Waals surface area contributed by atoms with E-state index in [-0.39, 0.29) is 18.5 Å². The van der Waals surface area contributed by atoms with Crippen molar-refractivity contribution >= 4 is 11.9 Å². The highest BCUT2D eigenvalue weighted by molar-refractivity contribution is 5.76. The standard InChI is InChI=1S/C67H129NO5/c1-3-5-7-9-11-13-15-17-19-21-23-27-31-35-39-43-47-51-55-59-65(70)64(63-69)68-66(71)60-56-52-48-44-40-36-32-28-25-26-30-34-38-42-46-50-54-58-62-73-67(72)61-57-53-49-45-41-37-33-29-24-22-20-18-16-14-12-10-8-6-4-2/h12,14,18,20,64-65,69-70H,3-11,13,15-17,19,21-63H2,1-2H3,(H,68,71)/b14-12-,20-18-. The first kappa shape index (κ1) is 71.3. The third-order valence-corrected chi connectivity index (χ3v) is 15.5. The molecule has 0 aliphatic rings. The topological polar surface area (TPSA) is 95.9 Å². The summed E-state index contributed by atoms with van der Waals surface area (Å²) < 4.78 is 5.50. The molecule has 2 unspecified atom stereocenters.